The van der Waals surface area contributed by atoms with Crippen LogP contribution in [0.25, 0.3) is 11.3 Å². The maximum Gasteiger partial charge on any atom is 0.0951 e. The number of nitrogens with two attached hydrogens (primary N) is 1. The van der Waals surface area contributed by atoms with Crippen LogP contribution in [0.2, 0.25) is 0 Å². The minimum Gasteiger partial charge on any atom is -0.329 e. The Morgan fingerprint density at radius 3 is 2.48 bits per heavy atom. The van der Waals surface area contributed by atoms with Gasteiger partial charge in [0.25, 0.3) is 0 Å². The summed E-state index contributed by atoms with van der Waals surface area (Å²) in [6, 6.07) is 18.6. The number of hydrogen-bond donors (Lipinski definition) is 1. The molecule has 1 aromatic heterocycles. The number of aromatic nitrogens is 2. The standard InChI is InChI=1S/C18H19N3/c1-14-7-9-16(10-8-14)18-11-20-13-21(18)12-17(19)15-5-3-2-4-6-15/h2-11,13,17H,12,19H2,1H3. The van der Waals surface area contributed by atoms with Crippen molar-refractivity contribution in [3.8, 4) is 11.3 Å². The van der Waals surface area contributed by atoms with Crippen molar-refractivity contribution in [2.45, 2.75) is 19.5 Å². The molecule has 3 heteroatoms. The van der Waals surface area contributed by atoms with Gasteiger partial charge in [-0.05, 0) is 18.1 Å². The monoisotopic (exact) mass is 277 g/mol. The fourth-order valence-corrected chi connectivity index (χ4v) is 2.45. The van der Waals surface area contributed by atoms with E-state index < -0.39 is 0 Å². The van der Waals surface area contributed by atoms with Crippen molar-refractivity contribution >= 4 is 0 Å². The number of benzene rings is 2. The summed E-state index contributed by atoms with van der Waals surface area (Å²) >= 11 is 0. The van der Waals surface area contributed by atoms with Gasteiger partial charge < -0.3 is 10.3 Å². The molecule has 0 aliphatic heterocycles. The van der Waals surface area contributed by atoms with Gasteiger partial charge in [-0.2, -0.15) is 0 Å². The molecule has 2 N–H and O–H groups in total. The van der Waals surface area contributed by atoms with E-state index in [-0.39, 0.29) is 6.04 Å². The first kappa shape index (κ1) is 13.6. The van der Waals surface area contributed by atoms with Crippen LogP contribution < -0.4 is 5.73 Å². The van der Waals surface area contributed by atoms with Crippen molar-refractivity contribution in [1.29, 1.82) is 0 Å². The topological polar surface area (TPSA) is 43.8 Å². The lowest BCUT2D eigenvalue weighted by molar-refractivity contribution is 0.580. The van der Waals surface area contributed by atoms with Crippen molar-refractivity contribution in [1.82, 2.24) is 9.55 Å². The second-order valence-electron chi connectivity index (χ2n) is 5.31. The Hall–Kier alpha value is -2.39. The molecule has 3 rings (SSSR count). The average molecular weight is 277 g/mol. The fourth-order valence-electron chi connectivity index (χ4n) is 2.45. The highest BCUT2D eigenvalue weighted by atomic mass is 15.1. The van der Waals surface area contributed by atoms with Crippen molar-refractivity contribution in [3.63, 3.8) is 0 Å². The fraction of sp³-hybridized carbons (Fsp3) is 0.167. The summed E-state index contributed by atoms with van der Waals surface area (Å²) in [5.41, 5.74) is 11.0. The molecule has 0 amide bonds. The van der Waals surface area contributed by atoms with E-state index in [1.807, 2.05) is 30.7 Å². The summed E-state index contributed by atoms with van der Waals surface area (Å²) in [4.78, 5) is 4.28. The largest absolute Gasteiger partial charge is 0.329 e. The lowest BCUT2D eigenvalue weighted by Gasteiger charge is -2.15. The Bertz CT molecular complexity index is 699. The van der Waals surface area contributed by atoms with Gasteiger partial charge in [-0.25, -0.2) is 4.98 Å². The molecule has 1 unspecified atom stereocenters. The SMILES string of the molecule is Cc1ccc(-c2cncn2CC(N)c2ccccc2)cc1. The lowest BCUT2D eigenvalue weighted by atomic mass is 10.1. The van der Waals surface area contributed by atoms with E-state index in [0.717, 1.165) is 11.3 Å². The Labute approximate surface area is 125 Å². The quantitative estimate of drug-likeness (QED) is 0.792. The molecule has 21 heavy (non-hydrogen) atoms. The smallest absolute Gasteiger partial charge is 0.0951 e. The van der Waals surface area contributed by atoms with Crippen LogP contribution in [-0.4, -0.2) is 9.55 Å². The minimum atomic E-state index is -0.0374. The normalized spacial score (nSPS) is 12.3. The van der Waals surface area contributed by atoms with Crippen LogP contribution in [0.1, 0.15) is 17.2 Å². The minimum absolute atomic E-state index is 0.0374. The highest BCUT2D eigenvalue weighted by molar-refractivity contribution is 5.59. The molecule has 1 atom stereocenters. The van der Waals surface area contributed by atoms with E-state index >= 15 is 0 Å². The molecule has 1 heterocycles. The molecule has 3 aromatic rings. The van der Waals surface area contributed by atoms with E-state index in [1.165, 1.54) is 11.1 Å². The lowest BCUT2D eigenvalue weighted by Crippen LogP contribution is -2.17. The Balaban J connectivity index is 1.84. The van der Waals surface area contributed by atoms with Gasteiger partial charge in [-0.3, -0.25) is 0 Å². The molecule has 2 aromatic carbocycles. The van der Waals surface area contributed by atoms with Crippen molar-refractivity contribution in [2.24, 2.45) is 5.73 Å². The molecule has 0 saturated heterocycles. The highest BCUT2D eigenvalue weighted by Gasteiger charge is 2.10. The molecular formula is C18H19N3. The number of rotatable bonds is 4. The van der Waals surface area contributed by atoms with Crippen LogP contribution >= 0.6 is 0 Å². The summed E-state index contributed by atoms with van der Waals surface area (Å²) in [6.07, 6.45) is 3.74. The predicted molar refractivity (Wildman–Crippen MR) is 85.8 cm³/mol. The van der Waals surface area contributed by atoms with E-state index in [1.54, 1.807) is 0 Å². The third-order valence-corrected chi connectivity index (χ3v) is 3.68. The molecule has 106 valence electrons. The van der Waals surface area contributed by atoms with E-state index in [0.29, 0.717) is 6.54 Å². The molecule has 0 fully saturated rings. The first-order chi connectivity index (χ1) is 10.2. The van der Waals surface area contributed by atoms with Crippen molar-refractivity contribution in [3.05, 3.63) is 78.2 Å². The van der Waals surface area contributed by atoms with Gasteiger partial charge in [0, 0.05) is 12.6 Å². The number of imidazole rings is 1. The van der Waals surface area contributed by atoms with Crippen molar-refractivity contribution in [2.75, 3.05) is 0 Å². The summed E-state index contributed by atoms with van der Waals surface area (Å²) in [7, 11) is 0. The zero-order valence-corrected chi connectivity index (χ0v) is 12.1. The molecular weight excluding hydrogens is 258 g/mol. The molecule has 0 aliphatic carbocycles. The molecule has 0 aliphatic rings. The second kappa shape index (κ2) is 5.94. The van der Waals surface area contributed by atoms with Crippen LogP contribution in [0, 0.1) is 6.92 Å². The summed E-state index contributed by atoms with van der Waals surface area (Å²) in [5.74, 6) is 0. The van der Waals surface area contributed by atoms with E-state index in [4.69, 9.17) is 5.73 Å². The third kappa shape index (κ3) is 3.03. The van der Waals surface area contributed by atoms with Gasteiger partial charge >= 0.3 is 0 Å². The number of hydrogen-bond acceptors (Lipinski definition) is 2. The molecule has 0 radical (unpaired) electrons. The second-order valence-corrected chi connectivity index (χ2v) is 5.31. The maximum absolute atomic E-state index is 6.31. The van der Waals surface area contributed by atoms with Gasteiger partial charge in [-0.15, -0.1) is 0 Å². The first-order valence-electron chi connectivity index (χ1n) is 7.12. The van der Waals surface area contributed by atoms with Gasteiger partial charge in [0.1, 0.15) is 0 Å². The first-order valence-corrected chi connectivity index (χ1v) is 7.12. The van der Waals surface area contributed by atoms with E-state index in [9.17, 15) is 0 Å². The van der Waals surface area contributed by atoms with Gasteiger partial charge in [0.15, 0.2) is 0 Å². The van der Waals surface area contributed by atoms with Gasteiger partial charge in [-0.1, -0.05) is 60.2 Å². The van der Waals surface area contributed by atoms with Crippen LogP contribution in [-0.2, 0) is 6.54 Å². The third-order valence-electron chi connectivity index (χ3n) is 3.68. The predicted octanol–water partition coefficient (Wildman–Crippen LogP) is 3.56. The van der Waals surface area contributed by atoms with E-state index in [2.05, 4.69) is 52.9 Å². The molecule has 3 nitrogen and oxygen atoms in total. The van der Waals surface area contributed by atoms with Crippen molar-refractivity contribution < 1.29 is 0 Å². The maximum atomic E-state index is 6.31. The van der Waals surface area contributed by atoms with Crippen LogP contribution in [0.3, 0.4) is 0 Å². The molecule has 0 bridgehead atoms. The van der Waals surface area contributed by atoms with Gasteiger partial charge in [0.05, 0.1) is 18.2 Å². The molecule has 0 spiro atoms. The zero-order valence-electron chi connectivity index (χ0n) is 12.1. The van der Waals surface area contributed by atoms with Gasteiger partial charge in [0.2, 0.25) is 0 Å². The Morgan fingerprint density at radius 2 is 1.76 bits per heavy atom. The number of nitrogens with zero attached hydrogens (tertiary/aromatic N) is 2. The Kier molecular flexibility index (Phi) is 3.84. The van der Waals surface area contributed by atoms with Crippen LogP contribution in [0.5, 0.6) is 0 Å². The average Bonchev–Trinajstić information content (AvgIpc) is 2.97. The molecule has 0 saturated carbocycles. The summed E-state index contributed by atoms with van der Waals surface area (Å²) in [5, 5.41) is 0. The van der Waals surface area contributed by atoms with Crippen LogP contribution in [0.4, 0.5) is 0 Å². The highest BCUT2D eigenvalue weighted by Crippen LogP contribution is 2.21. The number of aryl methyl sites for hydroxylation is 1. The summed E-state index contributed by atoms with van der Waals surface area (Å²) in [6.45, 7) is 2.81. The van der Waals surface area contributed by atoms with Crippen LogP contribution in [0.15, 0.2) is 67.1 Å². The zero-order chi connectivity index (χ0) is 14.7. The summed E-state index contributed by atoms with van der Waals surface area (Å²) < 4.78 is 2.11. The Morgan fingerprint density at radius 1 is 1.05 bits per heavy atom.